The number of nitrogens with zero attached hydrogens (tertiary/aromatic N) is 1. The van der Waals surface area contributed by atoms with Gasteiger partial charge in [0.2, 0.25) is 5.91 Å². The molecule has 0 radical (unpaired) electrons. The second kappa shape index (κ2) is 3.01. The molecule has 0 aromatic rings. The van der Waals surface area contributed by atoms with Gasteiger partial charge in [0.15, 0.2) is 0 Å². The van der Waals surface area contributed by atoms with E-state index in [1.165, 1.54) is 0 Å². The molecule has 0 aliphatic carbocycles. The molecule has 1 saturated heterocycles. The van der Waals surface area contributed by atoms with Crippen LogP contribution >= 0.6 is 0 Å². The molecule has 1 N–H and O–H groups in total. The number of carbonyl (C=O) groups is 2. The van der Waals surface area contributed by atoms with Crippen molar-refractivity contribution in [3.63, 3.8) is 0 Å². The van der Waals surface area contributed by atoms with E-state index >= 15 is 0 Å². The van der Waals surface area contributed by atoms with E-state index in [0.29, 0.717) is 6.54 Å². The monoisotopic (exact) mass is 184 g/mol. The van der Waals surface area contributed by atoms with Gasteiger partial charge in [-0.1, -0.05) is 6.92 Å². The summed E-state index contributed by atoms with van der Waals surface area (Å²) in [5.74, 6) is -0.289. The number of hydrogen-bond donors (Lipinski definition) is 1. The summed E-state index contributed by atoms with van der Waals surface area (Å²) < 4.78 is 0. The maximum absolute atomic E-state index is 11.4. The van der Waals surface area contributed by atoms with Crippen molar-refractivity contribution < 1.29 is 9.59 Å². The number of rotatable bonds is 0. The quantitative estimate of drug-likeness (QED) is 0.610. The standard InChI is InChI=1S/C9H16N2O2/c1-6-5-11(9(2,3)4)8(13)10-7(6)12/h6H,5H2,1-4H3,(H,10,12,13). The molecular weight excluding hydrogens is 168 g/mol. The molecule has 1 fully saturated rings. The minimum Gasteiger partial charge on any atom is -0.319 e. The van der Waals surface area contributed by atoms with Crippen LogP contribution in [0.4, 0.5) is 4.79 Å². The SMILES string of the molecule is CC1CN(C(C)(C)C)C(=O)NC1=O. The Morgan fingerprint density at radius 2 is 1.92 bits per heavy atom. The van der Waals surface area contributed by atoms with Crippen molar-refractivity contribution in [2.24, 2.45) is 5.92 Å². The molecule has 0 aromatic heterocycles. The van der Waals surface area contributed by atoms with E-state index in [1.807, 2.05) is 27.7 Å². The molecule has 4 nitrogen and oxygen atoms in total. The Morgan fingerprint density at radius 1 is 1.38 bits per heavy atom. The Bertz CT molecular complexity index is 242. The smallest absolute Gasteiger partial charge is 0.319 e. The highest BCUT2D eigenvalue weighted by Gasteiger charge is 2.35. The lowest BCUT2D eigenvalue weighted by Gasteiger charge is -2.39. The van der Waals surface area contributed by atoms with Gasteiger partial charge in [-0.15, -0.1) is 0 Å². The highest BCUT2D eigenvalue weighted by atomic mass is 16.2. The number of hydrogen-bond acceptors (Lipinski definition) is 2. The zero-order valence-corrected chi connectivity index (χ0v) is 8.55. The number of nitrogens with one attached hydrogen (secondary N) is 1. The predicted molar refractivity (Wildman–Crippen MR) is 49.2 cm³/mol. The first-order valence-electron chi connectivity index (χ1n) is 4.45. The lowest BCUT2D eigenvalue weighted by Crippen LogP contribution is -2.59. The molecule has 74 valence electrons. The zero-order valence-electron chi connectivity index (χ0n) is 8.55. The van der Waals surface area contributed by atoms with Gasteiger partial charge in [0.1, 0.15) is 0 Å². The highest BCUT2D eigenvalue weighted by Crippen LogP contribution is 2.18. The summed E-state index contributed by atoms with van der Waals surface area (Å²) in [5.41, 5.74) is -0.223. The Labute approximate surface area is 78.3 Å². The molecule has 3 amide bonds. The van der Waals surface area contributed by atoms with Gasteiger partial charge in [0.25, 0.3) is 0 Å². The largest absolute Gasteiger partial charge is 0.324 e. The average molecular weight is 184 g/mol. The number of carbonyl (C=O) groups excluding carboxylic acids is 2. The molecule has 4 heteroatoms. The fourth-order valence-electron chi connectivity index (χ4n) is 1.31. The lowest BCUT2D eigenvalue weighted by molar-refractivity contribution is -0.126. The molecule has 0 aromatic carbocycles. The molecular formula is C9H16N2O2. The van der Waals surface area contributed by atoms with Crippen LogP contribution in [0.5, 0.6) is 0 Å². The topological polar surface area (TPSA) is 49.4 Å². The number of amides is 3. The van der Waals surface area contributed by atoms with Gasteiger partial charge < -0.3 is 4.90 Å². The maximum Gasteiger partial charge on any atom is 0.324 e. The van der Waals surface area contributed by atoms with Crippen molar-refractivity contribution in [3.05, 3.63) is 0 Å². The number of imide groups is 1. The van der Waals surface area contributed by atoms with Crippen LogP contribution < -0.4 is 5.32 Å². The van der Waals surface area contributed by atoms with Gasteiger partial charge in [0.05, 0.1) is 5.92 Å². The Balaban J connectivity index is 2.79. The average Bonchev–Trinajstić information content (AvgIpc) is 1.94. The van der Waals surface area contributed by atoms with Crippen LogP contribution in [-0.4, -0.2) is 28.9 Å². The van der Waals surface area contributed by atoms with Crippen molar-refractivity contribution in [2.45, 2.75) is 33.2 Å². The molecule has 1 rings (SSSR count). The van der Waals surface area contributed by atoms with E-state index in [1.54, 1.807) is 4.90 Å². The first kappa shape index (κ1) is 10.0. The molecule has 1 heterocycles. The van der Waals surface area contributed by atoms with E-state index in [0.717, 1.165) is 0 Å². The van der Waals surface area contributed by atoms with Crippen LogP contribution in [0.15, 0.2) is 0 Å². The summed E-state index contributed by atoms with van der Waals surface area (Å²) in [6, 6.07) is -0.282. The predicted octanol–water partition coefficient (Wildman–Crippen LogP) is 0.973. The molecule has 0 spiro atoms. The van der Waals surface area contributed by atoms with E-state index in [2.05, 4.69) is 5.32 Å². The normalized spacial score (nSPS) is 24.6. The van der Waals surface area contributed by atoms with Crippen molar-refractivity contribution in [1.82, 2.24) is 10.2 Å². The fourth-order valence-corrected chi connectivity index (χ4v) is 1.31. The molecule has 0 bridgehead atoms. The molecule has 1 aliphatic heterocycles. The van der Waals surface area contributed by atoms with Crippen molar-refractivity contribution in [1.29, 1.82) is 0 Å². The van der Waals surface area contributed by atoms with Crippen molar-refractivity contribution in [3.8, 4) is 0 Å². The third kappa shape index (κ3) is 1.99. The van der Waals surface area contributed by atoms with Gasteiger partial charge in [-0.25, -0.2) is 4.79 Å². The number of urea groups is 1. The maximum atomic E-state index is 11.4. The minimum atomic E-state index is -0.282. The van der Waals surface area contributed by atoms with Crippen LogP contribution in [0.25, 0.3) is 0 Å². The third-order valence-corrected chi connectivity index (χ3v) is 2.19. The molecule has 0 saturated carbocycles. The van der Waals surface area contributed by atoms with Crippen molar-refractivity contribution >= 4 is 11.9 Å². The van der Waals surface area contributed by atoms with E-state index in [-0.39, 0.29) is 23.4 Å². The Morgan fingerprint density at radius 3 is 2.38 bits per heavy atom. The van der Waals surface area contributed by atoms with Crippen LogP contribution in [0.2, 0.25) is 0 Å². The van der Waals surface area contributed by atoms with Gasteiger partial charge in [-0.2, -0.15) is 0 Å². The molecule has 1 atom stereocenters. The lowest BCUT2D eigenvalue weighted by atomic mass is 10.0. The van der Waals surface area contributed by atoms with E-state index in [9.17, 15) is 9.59 Å². The van der Waals surface area contributed by atoms with Crippen LogP contribution in [0, 0.1) is 5.92 Å². The van der Waals surface area contributed by atoms with E-state index in [4.69, 9.17) is 0 Å². The minimum absolute atomic E-state index is 0.114. The Hall–Kier alpha value is -1.06. The summed E-state index contributed by atoms with van der Waals surface area (Å²) in [7, 11) is 0. The Kier molecular flexibility index (Phi) is 2.32. The summed E-state index contributed by atoms with van der Waals surface area (Å²) in [4.78, 5) is 24.2. The van der Waals surface area contributed by atoms with Gasteiger partial charge in [-0.3, -0.25) is 10.1 Å². The summed E-state index contributed by atoms with van der Waals surface area (Å²) in [5, 5.41) is 2.33. The molecule has 13 heavy (non-hydrogen) atoms. The van der Waals surface area contributed by atoms with E-state index < -0.39 is 0 Å². The summed E-state index contributed by atoms with van der Waals surface area (Å²) >= 11 is 0. The zero-order chi connectivity index (χ0) is 10.2. The van der Waals surface area contributed by atoms with Gasteiger partial charge in [-0.05, 0) is 20.8 Å². The van der Waals surface area contributed by atoms with Gasteiger partial charge in [0, 0.05) is 12.1 Å². The second-order valence-corrected chi connectivity index (χ2v) is 4.48. The molecule has 1 aliphatic rings. The van der Waals surface area contributed by atoms with Crippen LogP contribution in [-0.2, 0) is 4.79 Å². The fraction of sp³-hybridized carbons (Fsp3) is 0.778. The van der Waals surface area contributed by atoms with Crippen LogP contribution in [0.3, 0.4) is 0 Å². The second-order valence-electron chi connectivity index (χ2n) is 4.48. The van der Waals surface area contributed by atoms with Crippen LogP contribution in [0.1, 0.15) is 27.7 Å². The third-order valence-electron chi connectivity index (χ3n) is 2.19. The summed E-state index contributed by atoms with van der Waals surface area (Å²) in [6.45, 7) is 8.19. The van der Waals surface area contributed by atoms with Crippen molar-refractivity contribution in [2.75, 3.05) is 6.54 Å². The summed E-state index contributed by atoms with van der Waals surface area (Å²) in [6.07, 6.45) is 0. The first-order chi connectivity index (χ1) is 5.82. The molecule has 1 unspecified atom stereocenters. The first-order valence-corrected chi connectivity index (χ1v) is 4.45. The highest BCUT2D eigenvalue weighted by molar-refractivity contribution is 5.98. The van der Waals surface area contributed by atoms with Gasteiger partial charge >= 0.3 is 6.03 Å².